The third-order valence-corrected chi connectivity index (χ3v) is 2.89. The molecular formula is C15H15NO4. The molecule has 0 fully saturated rings. The molecule has 5 nitrogen and oxygen atoms in total. The Labute approximate surface area is 116 Å². The first-order valence-electron chi connectivity index (χ1n) is 6.04. The average molecular weight is 273 g/mol. The van der Waals surface area contributed by atoms with Crippen LogP contribution < -0.4 is 10.1 Å². The minimum atomic E-state index is -0.468. The highest BCUT2D eigenvalue weighted by atomic mass is 16.5. The van der Waals surface area contributed by atoms with Gasteiger partial charge in [0, 0.05) is 12.1 Å². The second-order valence-electron chi connectivity index (χ2n) is 4.17. The zero-order chi connectivity index (χ0) is 14.5. The van der Waals surface area contributed by atoms with E-state index in [1.54, 1.807) is 13.2 Å². The first-order chi connectivity index (χ1) is 9.63. The van der Waals surface area contributed by atoms with Crippen LogP contribution in [0.4, 0.5) is 0 Å². The maximum atomic E-state index is 12.0. The highest BCUT2D eigenvalue weighted by molar-refractivity contribution is 5.97. The molecule has 0 unspecified atom stereocenters. The van der Waals surface area contributed by atoms with Gasteiger partial charge < -0.3 is 20.3 Å². The van der Waals surface area contributed by atoms with Crippen LogP contribution in [0, 0.1) is 0 Å². The number of nitrogens with one attached hydrogen (secondary N) is 1. The second kappa shape index (κ2) is 5.97. The van der Waals surface area contributed by atoms with Gasteiger partial charge in [0.15, 0.2) is 11.5 Å². The third-order valence-electron chi connectivity index (χ3n) is 2.89. The van der Waals surface area contributed by atoms with Crippen molar-refractivity contribution in [2.24, 2.45) is 0 Å². The number of hydrogen-bond donors (Lipinski definition) is 3. The summed E-state index contributed by atoms with van der Waals surface area (Å²) in [6, 6.07) is 11.6. The molecule has 0 aromatic heterocycles. The Hall–Kier alpha value is -2.69. The molecule has 0 atom stereocenters. The Balaban J connectivity index is 2.11. The molecule has 1 amide bonds. The second-order valence-corrected chi connectivity index (χ2v) is 4.17. The number of carbonyl (C=O) groups is 1. The Morgan fingerprint density at radius 3 is 2.65 bits per heavy atom. The van der Waals surface area contributed by atoms with Gasteiger partial charge in [-0.05, 0) is 18.2 Å². The number of methoxy groups -OCH3 is 1. The van der Waals surface area contributed by atoms with Crippen molar-refractivity contribution in [1.29, 1.82) is 0 Å². The van der Waals surface area contributed by atoms with E-state index in [0.717, 1.165) is 5.56 Å². The summed E-state index contributed by atoms with van der Waals surface area (Å²) in [5.41, 5.74) is 0.850. The molecule has 0 radical (unpaired) electrons. The summed E-state index contributed by atoms with van der Waals surface area (Å²) < 4.78 is 5.19. The number of benzene rings is 2. The van der Waals surface area contributed by atoms with E-state index in [1.807, 2.05) is 18.2 Å². The molecule has 104 valence electrons. The van der Waals surface area contributed by atoms with Crippen LogP contribution in [0.25, 0.3) is 0 Å². The first-order valence-corrected chi connectivity index (χ1v) is 6.04. The lowest BCUT2D eigenvalue weighted by molar-refractivity contribution is 0.0947. The normalized spacial score (nSPS) is 10.1. The number of ether oxygens (including phenoxy) is 1. The lowest BCUT2D eigenvalue weighted by Gasteiger charge is -2.10. The monoisotopic (exact) mass is 273 g/mol. The zero-order valence-electron chi connectivity index (χ0n) is 11.0. The van der Waals surface area contributed by atoms with Crippen LogP contribution in [-0.2, 0) is 6.54 Å². The minimum absolute atomic E-state index is 0.0277. The predicted octanol–water partition coefficient (Wildman–Crippen LogP) is 2.04. The van der Waals surface area contributed by atoms with Crippen LogP contribution in [0.2, 0.25) is 0 Å². The Bertz CT molecular complexity index is 625. The molecular weight excluding hydrogens is 258 g/mol. The smallest absolute Gasteiger partial charge is 0.255 e. The molecule has 0 heterocycles. The Morgan fingerprint density at radius 2 is 1.90 bits per heavy atom. The van der Waals surface area contributed by atoms with E-state index in [9.17, 15) is 15.0 Å². The molecule has 0 saturated heterocycles. The molecule has 0 spiro atoms. The van der Waals surface area contributed by atoms with Gasteiger partial charge in [-0.25, -0.2) is 0 Å². The lowest BCUT2D eigenvalue weighted by Crippen LogP contribution is -2.23. The van der Waals surface area contributed by atoms with Crippen LogP contribution in [0.15, 0.2) is 42.5 Å². The fourth-order valence-corrected chi connectivity index (χ4v) is 1.83. The Kier molecular flexibility index (Phi) is 4.10. The van der Waals surface area contributed by atoms with Crippen molar-refractivity contribution in [2.45, 2.75) is 6.54 Å². The number of carbonyl (C=O) groups excluding carboxylic acids is 1. The molecule has 2 aromatic carbocycles. The molecule has 3 N–H and O–H groups in total. The molecule has 0 aliphatic rings. The molecule has 2 rings (SSSR count). The van der Waals surface area contributed by atoms with E-state index in [0.29, 0.717) is 5.75 Å². The summed E-state index contributed by atoms with van der Waals surface area (Å²) in [6.45, 7) is 0.262. The van der Waals surface area contributed by atoms with Crippen LogP contribution in [0.5, 0.6) is 17.2 Å². The van der Waals surface area contributed by atoms with Crippen molar-refractivity contribution >= 4 is 5.91 Å². The average Bonchev–Trinajstić information content (AvgIpc) is 2.48. The van der Waals surface area contributed by atoms with Gasteiger partial charge in [0.1, 0.15) is 5.75 Å². The third kappa shape index (κ3) is 2.83. The van der Waals surface area contributed by atoms with E-state index in [1.165, 1.54) is 18.2 Å². The largest absolute Gasteiger partial charge is 0.504 e. The van der Waals surface area contributed by atoms with Crippen LogP contribution in [0.1, 0.15) is 15.9 Å². The fraction of sp³-hybridized carbons (Fsp3) is 0.133. The van der Waals surface area contributed by atoms with Crippen LogP contribution >= 0.6 is 0 Å². The van der Waals surface area contributed by atoms with Crippen molar-refractivity contribution in [3.05, 3.63) is 53.6 Å². The standard InChI is InChI=1S/C15H15NO4/c1-20-13-8-3-2-5-10(13)9-16-15(19)11-6-4-7-12(17)14(11)18/h2-8,17-18H,9H2,1H3,(H,16,19). The predicted molar refractivity (Wildman–Crippen MR) is 73.9 cm³/mol. The first kappa shape index (κ1) is 13.7. The summed E-state index contributed by atoms with van der Waals surface area (Å²) in [5.74, 6) is -0.544. The number of phenolic OH excluding ortho intramolecular Hbond substituents is 2. The molecule has 0 aliphatic carbocycles. The Morgan fingerprint density at radius 1 is 1.15 bits per heavy atom. The van der Waals surface area contributed by atoms with Gasteiger partial charge in [0.2, 0.25) is 0 Å². The summed E-state index contributed by atoms with van der Waals surface area (Å²) >= 11 is 0. The van der Waals surface area contributed by atoms with Gasteiger partial charge in [0.05, 0.1) is 12.7 Å². The number of hydrogen-bond acceptors (Lipinski definition) is 4. The van der Waals surface area contributed by atoms with E-state index < -0.39 is 11.7 Å². The van der Waals surface area contributed by atoms with Crippen molar-refractivity contribution < 1.29 is 19.7 Å². The quantitative estimate of drug-likeness (QED) is 0.745. The van der Waals surface area contributed by atoms with Gasteiger partial charge in [-0.15, -0.1) is 0 Å². The van der Waals surface area contributed by atoms with Gasteiger partial charge in [-0.1, -0.05) is 24.3 Å². The van der Waals surface area contributed by atoms with E-state index >= 15 is 0 Å². The lowest BCUT2D eigenvalue weighted by atomic mass is 10.1. The summed E-state index contributed by atoms with van der Waals surface area (Å²) in [4.78, 5) is 12.0. The highest BCUT2D eigenvalue weighted by Gasteiger charge is 2.14. The molecule has 20 heavy (non-hydrogen) atoms. The molecule has 2 aromatic rings. The minimum Gasteiger partial charge on any atom is -0.504 e. The zero-order valence-corrected chi connectivity index (χ0v) is 11.0. The highest BCUT2D eigenvalue weighted by Crippen LogP contribution is 2.28. The van der Waals surface area contributed by atoms with Gasteiger partial charge in [0.25, 0.3) is 5.91 Å². The number of rotatable bonds is 4. The number of aromatic hydroxyl groups is 2. The molecule has 5 heteroatoms. The van der Waals surface area contributed by atoms with Gasteiger partial charge in [-0.2, -0.15) is 0 Å². The maximum absolute atomic E-state index is 12.0. The summed E-state index contributed by atoms with van der Waals surface area (Å²) in [7, 11) is 1.56. The van der Waals surface area contributed by atoms with E-state index in [4.69, 9.17) is 4.74 Å². The van der Waals surface area contributed by atoms with E-state index in [2.05, 4.69) is 5.32 Å². The van der Waals surface area contributed by atoms with Gasteiger partial charge in [-0.3, -0.25) is 4.79 Å². The number of phenols is 2. The van der Waals surface area contributed by atoms with E-state index in [-0.39, 0.29) is 17.9 Å². The van der Waals surface area contributed by atoms with Crippen LogP contribution in [0.3, 0.4) is 0 Å². The SMILES string of the molecule is COc1ccccc1CNC(=O)c1cccc(O)c1O. The van der Waals surface area contributed by atoms with Crippen LogP contribution in [-0.4, -0.2) is 23.2 Å². The molecule has 0 bridgehead atoms. The summed E-state index contributed by atoms with van der Waals surface area (Å²) in [6.07, 6.45) is 0. The molecule has 0 saturated carbocycles. The van der Waals surface area contributed by atoms with Crippen molar-refractivity contribution in [3.8, 4) is 17.2 Å². The van der Waals surface area contributed by atoms with Crippen molar-refractivity contribution in [2.75, 3.05) is 7.11 Å². The molecule has 0 aliphatic heterocycles. The fourth-order valence-electron chi connectivity index (χ4n) is 1.83. The summed E-state index contributed by atoms with van der Waals surface area (Å²) in [5, 5.41) is 21.7. The number of para-hydroxylation sites is 2. The van der Waals surface area contributed by atoms with Gasteiger partial charge >= 0.3 is 0 Å². The van der Waals surface area contributed by atoms with Crippen molar-refractivity contribution in [3.63, 3.8) is 0 Å². The number of amides is 1. The van der Waals surface area contributed by atoms with Crippen molar-refractivity contribution in [1.82, 2.24) is 5.32 Å². The maximum Gasteiger partial charge on any atom is 0.255 e. The topological polar surface area (TPSA) is 78.8 Å².